The Morgan fingerprint density at radius 3 is 2.56 bits per heavy atom. The van der Waals surface area contributed by atoms with Gasteiger partial charge in [0.05, 0.1) is 0 Å². The first-order chi connectivity index (χ1) is 7.86. The van der Waals surface area contributed by atoms with Gasteiger partial charge in [-0.15, -0.1) is 0 Å². The van der Waals surface area contributed by atoms with Crippen molar-refractivity contribution in [2.45, 2.75) is 35.7 Å². The van der Waals surface area contributed by atoms with Crippen molar-refractivity contribution < 1.29 is 38.1 Å². The Morgan fingerprint density at radius 2 is 2.00 bits per heavy atom. The summed E-state index contributed by atoms with van der Waals surface area (Å²) in [5.41, 5.74) is 0. The van der Waals surface area contributed by atoms with Crippen molar-refractivity contribution in [2.75, 3.05) is 33.0 Å². The molecule has 0 amide bonds. The number of hydrogen-bond donors (Lipinski definition) is 0. The Morgan fingerprint density at radius 1 is 1.31 bits per heavy atom. The zero-order valence-electron chi connectivity index (χ0n) is 10.2. The van der Waals surface area contributed by atoms with Crippen molar-refractivity contribution >= 4 is 0 Å². The van der Waals surface area contributed by atoms with E-state index in [9.17, 15) is 0 Å². The van der Waals surface area contributed by atoms with Crippen LogP contribution >= 0.6 is 0 Å². The van der Waals surface area contributed by atoms with Gasteiger partial charge in [0.15, 0.2) is 0 Å². The molecule has 0 radical (unpaired) electrons. The minimum atomic E-state index is -0.161. The summed E-state index contributed by atoms with van der Waals surface area (Å²) in [6, 6.07) is 0. The molecule has 94 valence electrons. The maximum absolute atomic E-state index is 5.51. The van der Waals surface area contributed by atoms with Gasteiger partial charge in [-0.1, -0.05) is 0 Å². The number of ether oxygens (including phenoxy) is 4. The van der Waals surface area contributed by atoms with Gasteiger partial charge in [0, 0.05) is 0 Å². The first-order valence-electron chi connectivity index (χ1n) is 6.02. The Labute approximate surface area is 107 Å². The van der Waals surface area contributed by atoms with E-state index in [-0.39, 0.29) is 23.7 Å². The molecule has 1 unspecified atom stereocenters. The monoisotopic (exact) mass is 266 g/mol. The molecular weight excluding hydrogens is 244 g/mol. The van der Waals surface area contributed by atoms with Crippen LogP contribution in [0.4, 0.5) is 0 Å². The summed E-state index contributed by atoms with van der Waals surface area (Å²) < 4.78 is 22.8. The number of rotatable bonds is 11. The molecular formula is C11H22O4Ti. The van der Waals surface area contributed by atoms with E-state index in [1.807, 2.05) is 13.8 Å². The second-order valence-electron chi connectivity index (χ2n) is 3.58. The molecule has 4 nitrogen and oxygen atoms in total. The molecule has 1 rings (SSSR count). The van der Waals surface area contributed by atoms with Crippen molar-refractivity contribution in [3.63, 3.8) is 0 Å². The van der Waals surface area contributed by atoms with Crippen LogP contribution in [0, 0.1) is 0 Å². The SMILES string of the molecule is CCO[CH](OCC)[Ti][CH2]CCOCC1CO1. The third-order valence-corrected chi connectivity index (χ3v) is 4.16. The molecule has 0 aromatic rings. The predicted molar refractivity (Wildman–Crippen MR) is 57.0 cm³/mol. The van der Waals surface area contributed by atoms with Gasteiger partial charge < -0.3 is 0 Å². The third-order valence-electron chi connectivity index (χ3n) is 2.12. The van der Waals surface area contributed by atoms with Gasteiger partial charge in [0.1, 0.15) is 0 Å². The van der Waals surface area contributed by atoms with E-state index in [1.54, 1.807) is 0 Å². The van der Waals surface area contributed by atoms with E-state index in [1.165, 1.54) is 4.73 Å². The van der Waals surface area contributed by atoms with Crippen molar-refractivity contribution in [1.29, 1.82) is 0 Å². The van der Waals surface area contributed by atoms with Crippen LogP contribution in [0.1, 0.15) is 20.3 Å². The van der Waals surface area contributed by atoms with Crippen LogP contribution in [-0.2, 0) is 38.1 Å². The minimum absolute atomic E-state index is 0.0850. The Bertz CT molecular complexity index is 158. The molecule has 0 aromatic carbocycles. The van der Waals surface area contributed by atoms with Gasteiger partial charge in [-0.05, 0) is 0 Å². The van der Waals surface area contributed by atoms with Crippen LogP contribution in [0.15, 0.2) is 0 Å². The van der Waals surface area contributed by atoms with Crippen LogP contribution in [0.3, 0.4) is 0 Å². The Kier molecular flexibility index (Phi) is 8.74. The van der Waals surface area contributed by atoms with Crippen molar-refractivity contribution in [3.8, 4) is 0 Å². The van der Waals surface area contributed by atoms with Crippen LogP contribution in [-0.4, -0.2) is 43.7 Å². The summed E-state index contributed by atoms with van der Waals surface area (Å²) in [5.74, 6) is 0. The second-order valence-corrected chi connectivity index (χ2v) is 5.73. The second kappa shape index (κ2) is 9.57. The van der Waals surface area contributed by atoms with Gasteiger partial charge in [-0.2, -0.15) is 0 Å². The van der Waals surface area contributed by atoms with E-state index in [2.05, 4.69) is 0 Å². The van der Waals surface area contributed by atoms with E-state index in [4.69, 9.17) is 18.9 Å². The molecule has 1 heterocycles. The molecule has 0 aromatic heterocycles. The molecule has 1 fully saturated rings. The standard InChI is InChI=1S/C6H11O2.C5H11O2.Ti/c1-2-3-7-4-6-5-8-6;1-3-6-5-7-4-2;/h6H,1-5H2;5H,3-4H2,1-2H3;. The molecule has 16 heavy (non-hydrogen) atoms. The van der Waals surface area contributed by atoms with Gasteiger partial charge >= 0.3 is 107 Å². The van der Waals surface area contributed by atoms with E-state index in [0.29, 0.717) is 6.10 Å². The molecule has 1 atom stereocenters. The predicted octanol–water partition coefficient (Wildman–Crippen LogP) is 1.65. The summed E-state index contributed by atoms with van der Waals surface area (Å²) in [5, 5.41) is 0. The summed E-state index contributed by atoms with van der Waals surface area (Å²) in [4.78, 5) is 0. The van der Waals surface area contributed by atoms with Crippen molar-refractivity contribution in [3.05, 3.63) is 0 Å². The third kappa shape index (κ3) is 7.77. The maximum atomic E-state index is 5.51. The van der Waals surface area contributed by atoms with Crippen LogP contribution in [0.5, 0.6) is 0 Å². The fourth-order valence-electron chi connectivity index (χ4n) is 1.24. The fraction of sp³-hybridized carbons (Fsp3) is 1.00. The molecule has 0 aliphatic carbocycles. The summed E-state index contributed by atoms with van der Waals surface area (Å²) in [7, 11) is 0. The van der Waals surface area contributed by atoms with Gasteiger partial charge in [0.2, 0.25) is 0 Å². The number of epoxide rings is 1. The fourth-order valence-corrected chi connectivity index (χ4v) is 3.04. The first kappa shape index (κ1) is 14.6. The normalized spacial score (nSPS) is 19.1. The van der Waals surface area contributed by atoms with E-state index < -0.39 is 0 Å². The summed E-state index contributed by atoms with van der Waals surface area (Å²) in [6.45, 7) is 7.99. The van der Waals surface area contributed by atoms with E-state index >= 15 is 0 Å². The molecule has 0 N–H and O–H groups in total. The number of hydrogen-bond acceptors (Lipinski definition) is 4. The first-order valence-corrected chi connectivity index (χ1v) is 8.03. The molecule has 1 aliphatic rings. The Hall–Kier alpha value is 0.554. The molecule has 0 bridgehead atoms. The summed E-state index contributed by atoms with van der Waals surface area (Å²) in [6.07, 6.45) is 1.50. The van der Waals surface area contributed by atoms with E-state index in [0.717, 1.165) is 39.5 Å². The average molecular weight is 266 g/mol. The topological polar surface area (TPSA) is 40.2 Å². The zero-order chi connectivity index (χ0) is 11.6. The van der Waals surface area contributed by atoms with Crippen LogP contribution < -0.4 is 0 Å². The van der Waals surface area contributed by atoms with Gasteiger partial charge in [-0.3, -0.25) is 0 Å². The van der Waals surface area contributed by atoms with Crippen LogP contribution in [0.25, 0.3) is 0 Å². The summed E-state index contributed by atoms with van der Waals surface area (Å²) >= 11 is -0.161. The molecule has 0 spiro atoms. The molecule has 0 saturated carbocycles. The molecule has 1 saturated heterocycles. The molecule has 5 heteroatoms. The van der Waals surface area contributed by atoms with Crippen molar-refractivity contribution in [2.24, 2.45) is 0 Å². The van der Waals surface area contributed by atoms with Gasteiger partial charge in [0.25, 0.3) is 0 Å². The average Bonchev–Trinajstić information content (AvgIpc) is 3.07. The zero-order valence-corrected chi connectivity index (χ0v) is 11.8. The molecule has 1 aliphatic heterocycles. The van der Waals surface area contributed by atoms with Gasteiger partial charge in [-0.25, -0.2) is 0 Å². The van der Waals surface area contributed by atoms with Crippen LogP contribution in [0.2, 0.25) is 4.73 Å². The quantitative estimate of drug-likeness (QED) is 0.247. The Balaban J connectivity index is 1.85. The van der Waals surface area contributed by atoms with Crippen molar-refractivity contribution in [1.82, 2.24) is 0 Å².